The van der Waals surface area contributed by atoms with Crippen LogP contribution in [-0.4, -0.2) is 24.7 Å². The van der Waals surface area contributed by atoms with Gasteiger partial charge in [0.15, 0.2) is 0 Å². The Morgan fingerprint density at radius 1 is 1.38 bits per heavy atom. The number of aromatic nitrogens is 1. The smallest absolute Gasteiger partial charge is 0.341 e. The molecule has 0 amide bonds. The first-order valence-electron chi connectivity index (χ1n) is 7.83. The minimum absolute atomic E-state index is 0.240. The lowest BCUT2D eigenvalue weighted by Gasteiger charge is -2.10. The van der Waals surface area contributed by atoms with E-state index in [0.717, 1.165) is 10.3 Å². The Balaban J connectivity index is 1.89. The van der Waals surface area contributed by atoms with Gasteiger partial charge in [0.1, 0.15) is 23.9 Å². The van der Waals surface area contributed by atoms with Gasteiger partial charge in [0.25, 0.3) is 0 Å². The van der Waals surface area contributed by atoms with Gasteiger partial charge < -0.3 is 19.9 Å². The molecule has 0 fully saturated rings. The topological polar surface area (TPSA) is 83.7 Å². The third-order valence-electron chi connectivity index (χ3n) is 3.72. The fourth-order valence-electron chi connectivity index (χ4n) is 2.47. The zero-order valence-electron chi connectivity index (χ0n) is 14.2. The molecular weight excluding hydrogens is 376 g/mol. The van der Waals surface area contributed by atoms with Crippen LogP contribution in [0.1, 0.15) is 22.8 Å². The number of hydrogen-bond acceptors (Lipinski definition) is 7. The summed E-state index contributed by atoms with van der Waals surface area (Å²) < 4.78 is 16.7. The van der Waals surface area contributed by atoms with Crippen LogP contribution in [0.4, 0.5) is 5.82 Å². The van der Waals surface area contributed by atoms with Crippen molar-refractivity contribution in [1.82, 2.24) is 4.98 Å². The number of nitrogens with zero attached hydrogens (tertiary/aromatic N) is 1. The third kappa shape index (κ3) is 3.54. The number of pyridine rings is 1. The molecule has 1 aromatic carbocycles. The number of halogens is 1. The second-order valence-corrected chi connectivity index (χ2v) is 6.61. The highest BCUT2D eigenvalue weighted by atomic mass is 35.5. The molecule has 0 atom stereocenters. The molecule has 136 valence electrons. The highest BCUT2D eigenvalue weighted by Crippen LogP contribution is 2.35. The van der Waals surface area contributed by atoms with Crippen molar-refractivity contribution in [2.75, 3.05) is 19.5 Å². The van der Waals surface area contributed by atoms with E-state index in [-0.39, 0.29) is 6.61 Å². The van der Waals surface area contributed by atoms with E-state index in [4.69, 9.17) is 31.5 Å². The van der Waals surface area contributed by atoms with Crippen LogP contribution in [0.15, 0.2) is 29.8 Å². The van der Waals surface area contributed by atoms with Crippen LogP contribution in [-0.2, 0) is 11.3 Å². The van der Waals surface area contributed by atoms with Crippen molar-refractivity contribution in [1.29, 1.82) is 0 Å². The molecule has 26 heavy (non-hydrogen) atoms. The number of thiophene rings is 1. The second kappa shape index (κ2) is 7.80. The van der Waals surface area contributed by atoms with Gasteiger partial charge in [-0.25, -0.2) is 9.78 Å². The Morgan fingerprint density at radius 2 is 2.19 bits per heavy atom. The summed E-state index contributed by atoms with van der Waals surface area (Å²) in [6.45, 7) is 2.29. The fraction of sp³-hybridized carbons (Fsp3) is 0.222. The predicted octanol–water partition coefficient (Wildman–Crippen LogP) is 4.30. The molecule has 0 radical (unpaired) electrons. The fourth-order valence-corrected chi connectivity index (χ4v) is 3.76. The van der Waals surface area contributed by atoms with E-state index in [1.54, 1.807) is 32.2 Å². The maximum absolute atomic E-state index is 12.1. The minimum Gasteiger partial charge on any atom is -0.497 e. The van der Waals surface area contributed by atoms with E-state index in [2.05, 4.69) is 4.98 Å². The molecule has 0 spiro atoms. The zero-order valence-corrected chi connectivity index (χ0v) is 15.8. The molecule has 0 saturated carbocycles. The number of fused-ring (bicyclic) bond motifs is 1. The van der Waals surface area contributed by atoms with Gasteiger partial charge >= 0.3 is 5.97 Å². The lowest BCUT2D eigenvalue weighted by molar-refractivity contribution is 0.0528. The molecule has 2 heterocycles. The molecule has 3 aromatic rings. The number of ether oxygens (including phenoxy) is 3. The van der Waals surface area contributed by atoms with E-state index in [1.165, 1.54) is 17.5 Å². The van der Waals surface area contributed by atoms with E-state index in [1.807, 2.05) is 5.38 Å². The number of esters is 1. The largest absolute Gasteiger partial charge is 0.497 e. The first-order valence-corrected chi connectivity index (χ1v) is 9.09. The van der Waals surface area contributed by atoms with Crippen molar-refractivity contribution in [3.8, 4) is 11.5 Å². The summed E-state index contributed by atoms with van der Waals surface area (Å²) in [7, 11) is 1.57. The molecule has 0 saturated heterocycles. The third-order valence-corrected chi connectivity index (χ3v) is 5.08. The van der Waals surface area contributed by atoms with Crippen LogP contribution in [0.5, 0.6) is 11.5 Å². The summed E-state index contributed by atoms with van der Waals surface area (Å²) in [5.74, 6) is 1.10. The van der Waals surface area contributed by atoms with Crippen LogP contribution in [0.2, 0.25) is 5.02 Å². The van der Waals surface area contributed by atoms with E-state index in [9.17, 15) is 4.79 Å². The van der Waals surface area contributed by atoms with Gasteiger partial charge in [-0.3, -0.25) is 0 Å². The normalized spacial score (nSPS) is 10.7. The molecule has 8 heteroatoms. The van der Waals surface area contributed by atoms with Crippen molar-refractivity contribution in [2.45, 2.75) is 13.5 Å². The van der Waals surface area contributed by atoms with Crippen LogP contribution < -0.4 is 15.2 Å². The first-order chi connectivity index (χ1) is 12.5. The quantitative estimate of drug-likeness (QED) is 0.630. The summed E-state index contributed by atoms with van der Waals surface area (Å²) in [5, 5.41) is 3.04. The summed E-state index contributed by atoms with van der Waals surface area (Å²) >= 11 is 7.60. The molecule has 0 aliphatic heterocycles. The maximum Gasteiger partial charge on any atom is 0.341 e. The number of methoxy groups -OCH3 is 1. The summed E-state index contributed by atoms with van der Waals surface area (Å²) in [6.07, 6.45) is 1.44. The maximum atomic E-state index is 12.1. The van der Waals surface area contributed by atoms with E-state index in [0.29, 0.717) is 39.9 Å². The van der Waals surface area contributed by atoms with Gasteiger partial charge in [-0.1, -0.05) is 11.6 Å². The second-order valence-electron chi connectivity index (χ2n) is 5.33. The average Bonchev–Trinajstić information content (AvgIpc) is 3.06. The molecule has 0 unspecified atom stereocenters. The van der Waals surface area contributed by atoms with Gasteiger partial charge in [-0.2, -0.15) is 0 Å². The zero-order chi connectivity index (χ0) is 18.7. The molecule has 2 N–H and O–H groups in total. The molecular formula is C18H17ClN2O4S. The van der Waals surface area contributed by atoms with Gasteiger partial charge in [0.05, 0.1) is 29.0 Å². The van der Waals surface area contributed by atoms with Crippen molar-refractivity contribution in [3.63, 3.8) is 0 Å². The van der Waals surface area contributed by atoms with Crippen molar-refractivity contribution in [3.05, 3.63) is 45.9 Å². The number of hydrogen-bond donors (Lipinski definition) is 1. The number of carbonyl (C=O) groups excluding carboxylic acids is 1. The highest BCUT2D eigenvalue weighted by molar-refractivity contribution is 7.17. The lowest BCUT2D eigenvalue weighted by atomic mass is 10.1. The molecule has 6 nitrogen and oxygen atoms in total. The SMILES string of the molecule is CCOC(=O)c1cnc(N)c2c(COc3ccc(OC)cc3Cl)csc12. The monoisotopic (exact) mass is 392 g/mol. The molecule has 2 aromatic heterocycles. The Labute approximate surface area is 159 Å². The van der Waals surface area contributed by atoms with Gasteiger partial charge in [0.2, 0.25) is 0 Å². The summed E-state index contributed by atoms with van der Waals surface area (Å²) in [5.41, 5.74) is 7.25. The first kappa shape index (κ1) is 18.3. The molecule has 0 aliphatic rings. The minimum atomic E-state index is -0.419. The Kier molecular flexibility index (Phi) is 5.49. The van der Waals surface area contributed by atoms with Crippen LogP contribution in [0.25, 0.3) is 10.1 Å². The van der Waals surface area contributed by atoms with Gasteiger partial charge in [0, 0.05) is 23.2 Å². The van der Waals surface area contributed by atoms with Crippen LogP contribution in [0.3, 0.4) is 0 Å². The number of nitrogen functional groups attached to an aromatic ring is 1. The number of carbonyl (C=O) groups is 1. The summed E-state index contributed by atoms with van der Waals surface area (Å²) in [4.78, 5) is 16.2. The Bertz CT molecular complexity index is 958. The van der Waals surface area contributed by atoms with Crippen molar-refractivity contribution >= 4 is 44.8 Å². The number of anilines is 1. The van der Waals surface area contributed by atoms with Gasteiger partial charge in [-0.05, 0) is 24.4 Å². The lowest BCUT2D eigenvalue weighted by Crippen LogP contribution is -2.06. The average molecular weight is 393 g/mol. The number of rotatable bonds is 6. The van der Waals surface area contributed by atoms with Crippen molar-refractivity contribution < 1.29 is 19.0 Å². The van der Waals surface area contributed by atoms with Gasteiger partial charge in [-0.15, -0.1) is 11.3 Å². The molecule has 0 bridgehead atoms. The Morgan fingerprint density at radius 3 is 2.88 bits per heavy atom. The van der Waals surface area contributed by atoms with Crippen molar-refractivity contribution in [2.24, 2.45) is 0 Å². The molecule has 3 rings (SSSR count). The molecule has 0 aliphatic carbocycles. The van der Waals surface area contributed by atoms with Crippen LogP contribution in [0, 0.1) is 0 Å². The van der Waals surface area contributed by atoms with E-state index >= 15 is 0 Å². The number of nitrogens with two attached hydrogens (primary N) is 1. The Hall–Kier alpha value is -2.51. The van der Waals surface area contributed by atoms with Crippen LogP contribution >= 0.6 is 22.9 Å². The standard InChI is InChI=1S/C18H17ClN2O4S/c1-3-24-18(22)12-7-21-17(20)15-10(9-26-16(12)15)8-25-14-5-4-11(23-2)6-13(14)19/h4-7,9H,3,8H2,1-2H3,(H2,20,21). The van der Waals surface area contributed by atoms with E-state index < -0.39 is 5.97 Å². The predicted molar refractivity (Wildman–Crippen MR) is 102 cm³/mol. The summed E-state index contributed by atoms with van der Waals surface area (Å²) in [6, 6.07) is 5.18. The number of benzene rings is 1. The highest BCUT2D eigenvalue weighted by Gasteiger charge is 2.18.